The van der Waals surface area contributed by atoms with Crippen LogP contribution in [0.2, 0.25) is 0 Å². The number of nitrogens with zero attached hydrogens (tertiary/aromatic N) is 2. The summed E-state index contributed by atoms with van der Waals surface area (Å²) in [6.07, 6.45) is 1.18. The van der Waals surface area contributed by atoms with Gasteiger partial charge < -0.3 is 9.94 Å². The quantitative estimate of drug-likeness (QED) is 0.482. The molecule has 0 fully saturated rings. The van der Waals surface area contributed by atoms with Crippen LogP contribution in [-0.2, 0) is 6.61 Å². The van der Waals surface area contributed by atoms with Gasteiger partial charge in [0.15, 0.2) is 0 Å². The Morgan fingerprint density at radius 1 is 1.43 bits per heavy atom. The predicted molar refractivity (Wildman–Crippen MR) is 75.4 cm³/mol. The lowest BCUT2D eigenvalue weighted by Gasteiger charge is -2.14. The molecule has 2 N–H and O–H groups in total. The molecule has 0 saturated heterocycles. The number of alkyl halides is 3. The number of carbonyl (C=O) groups is 1. The highest BCUT2D eigenvalue weighted by atomic mass is 35.5. The van der Waals surface area contributed by atoms with Crippen LogP contribution in [-0.4, -0.2) is 26.6 Å². The van der Waals surface area contributed by atoms with Crippen LogP contribution in [0.3, 0.4) is 0 Å². The van der Waals surface area contributed by atoms with Crippen LogP contribution in [0.1, 0.15) is 15.9 Å². The summed E-state index contributed by atoms with van der Waals surface area (Å²) in [5, 5.41) is 12.5. The van der Waals surface area contributed by atoms with E-state index in [2.05, 4.69) is 5.10 Å². The summed E-state index contributed by atoms with van der Waals surface area (Å²) in [5.74, 6) is -0.779. The minimum absolute atomic E-state index is 0.000430. The van der Waals surface area contributed by atoms with Crippen LogP contribution in [0.4, 0.5) is 13.2 Å². The number of ether oxygens (including phenoxy) is 1. The number of benzene rings is 1. The largest absolute Gasteiger partial charge is 0.472 e. The van der Waals surface area contributed by atoms with Crippen molar-refractivity contribution in [3.05, 3.63) is 41.6 Å². The normalized spacial score (nSPS) is 11.3. The molecular formula is C12H9ClF3N3O3S. The van der Waals surface area contributed by atoms with Gasteiger partial charge in [-0.25, -0.2) is 0 Å². The van der Waals surface area contributed by atoms with Gasteiger partial charge in [-0.15, -0.1) is 4.85 Å². The first-order chi connectivity index (χ1) is 10.8. The fourth-order valence-electron chi connectivity index (χ4n) is 1.72. The third-order valence-electron chi connectivity index (χ3n) is 2.61. The van der Waals surface area contributed by atoms with E-state index in [9.17, 15) is 18.0 Å². The van der Waals surface area contributed by atoms with Crippen molar-refractivity contribution in [2.75, 3.05) is 0 Å². The van der Waals surface area contributed by atoms with E-state index in [1.807, 2.05) is 4.84 Å². The zero-order valence-corrected chi connectivity index (χ0v) is 12.7. The fourth-order valence-corrected chi connectivity index (χ4v) is 2.51. The predicted octanol–water partition coefficient (Wildman–Crippen LogP) is 3.19. The summed E-state index contributed by atoms with van der Waals surface area (Å²) >= 11 is 4.88. The Bertz CT molecular complexity index is 708. The van der Waals surface area contributed by atoms with E-state index in [4.69, 9.17) is 21.7 Å². The maximum atomic E-state index is 12.6. The fraction of sp³-hybridized carbons (Fsp3) is 0.167. The molecule has 2 aromatic rings. The Hall–Kier alpha value is -2.07. The SMILES string of the molecule is O=C(NCl)c1cccc(SC(F)(F)F)c1COc1ccn(O)n1. The third kappa shape index (κ3) is 4.70. The van der Waals surface area contributed by atoms with Gasteiger partial charge in [-0.1, -0.05) is 11.2 Å². The number of thioether (sulfide) groups is 1. The van der Waals surface area contributed by atoms with Gasteiger partial charge in [-0.3, -0.25) is 9.63 Å². The number of nitrogens with one attached hydrogen (secondary N) is 1. The molecule has 0 spiro atoms. The van der Waals surface area contributed by atoms with Crippen molar-refractivity contribution < 1.29 is 27.9 Å². The summed E-state index contributed by atoms with van der Waals surface area (Å²) in [4.78, 5) is 13.8. The lowest BCUT2D eigenvalue weighted by atomic mass is 10.1. The van der Waals surface area contributed by atoms with Gasteiger partial charge in [-0.05, 0) is 23.9 Å². The number of rotatable bonds is 5. The summed E-state index contributed by atoms with van der Waals surface area (Å²) in [5.41, 5.74) is -4.59. The molecular weight excluding hydrogens is 359 g/mol. The van der Waals surface area contributed by atoms with Crippen molar-refractivity contribution in [3.8, 4) is 5.88 Å². The Morgan fingerprint density at radius 2 is 2.17 bits per heavy atom. The number of hydrogen-bond donors (Lipinski definition) is 2. The van der Waals surface area contributed by atoms with Crippen LogP contribution in [0, 0.1) is 0 Å². The van der Waals surface area contributed by atoms with Gasteiger partial charge in [0.25, 0.3) is 5.91 Å². The monoisotopic (exact) mass is 367 g/mol. The van der Waals surface area contributed by atoms with E-state index in [1.165, 1.54) is 30.5 Å². The zero-order valence-electron chi connectivity index (χ0n) is 11.2. The van der Waals surface area contributed by atoms with Gasteiger partial charge in [0, 0.05) is 33.9 Å². The van der Waals surface area contributed by atoms with Crippen LogP contribution in [0.25, 0.3) is 0 Å². The van der Waals surface area contributed by atoms with E-state index >= 15 is 0 Å². The molecule has 2 rings (SSSR count). The molecule has 0 aliphatic rings. The summed E-state index contributed by atoms with van der Waals surface area (Å²) in [6.45, 7) is -0.365. The van der Waals surface area contributed by atoms with E-state index in [0.29, 0.717) is 4.85 Å². The van der Waals surface area contributed by atoms with Gasteiger partial charge in [0.1, 0.15) is 6.61 Å². The Labute approximate surface area is 137 Å². The molecule has 1 heterocycles. The van der Waals surface area contributed by atoms with Crippen molar-refractivity contribution in [3.63, 3.8) is 0 Å². The van der Waals surface area contributed by atoms with Crippen molar-refractivity contribution in [1.82, 2.24) is 14.8 Å². The first-order valence-corrected chi connectivity index (χ1v) is 7.16. The number of halogens is 4. The highest BCUT2D eigenvalue weighted by Gasteiger charge is 2.31. The average molecular weight is 368 g/mol. The third-order valence-corrected chi connectivity index (χ3v) is 3.61. The maximum Gasteiger partial charge on any atom is 0.446 e. The van der Waals surface area contributed by atoms with Crippen LogP contribution in [0.5, 0.6) is 5.88 Å². The van der Waals surface area contributed by atoms with E-state index in [-0.39, 0.29) is 40.3 Å². The zero-order chi connectivity index (χ0) is 17.0. The second-order valence-corrected chi connectivity index (χ2v) is 5.41. The summed E-state index contributed by atoms with van der Waals surface area (Å²) in [7, 11) is 0. The molecule has 23 heavy (non-hydrogen) atoms. The van der Waals surface area contributed by atoms with Crippen molar-refractivity contribution in [2.45, 2.75) is 17.0 Å². The molecule has 11 heteroatoms. The molecule has 0 radical (unpaired) electrons. The topological polar surface area (TPSA) is 76.4 Å². The smallest absolute Gasteiger partial charge is 0.446 e. The first kappa shape index (κ1) is 17.3. The highest BCUT2D eigenvalue weighted by molar-refractivity contribution is 8.00. The average Bonchev–Trinajstić information content (AvgIpc) is 2.89. The van der Waals surface area contributed by atoms with Crippen LogP contribution in [0.15, 0.2) is 35.4 Å². The first-order valence-electron chi connectivity index (χ1n) is 5.96. The summed E-state index contributed by atoms with van der Waals surface area (Å²) in [6, 6.07) is 5.15. The van der Waals surface area contributed by atoms with Gasteiger partial charge in [0.2, 0.25) is 5.88 Å². The standard InChI is InChI=1S/C12H9ClF3N3O3S/c13-17-11(20)7-2-1-3-9(23-12(14,15)16)8(7)6-22-10-4-5-19(21)18-10/h1-5,21H,6H2,(H,17,20). The minimum atomic E-state index is -4.53. The molecule has 0 bridgehead atoms. The van der Waals surface area contributed by atoms with Crippen molar-refractivity contribution in [2.24, 2.45) is 0 Å². The van der Waals surface area contributed by atoms with Crippen LogP contribution < -0.4 is 9.57 Å². The summed E-state index contributed by atoms with van der Waals surface area (Å²) < 4.78 is 43.2. The maximum absolute atomic E-state index is 12.6. The molecule has 1 aromatic heterocycles. The molecule has 0 atom stereocenters. The number of amides is 1. The minimum Gasteiger partial charge on any atom is -0.472 e. The van der Waals surface area contributed by atoms with Gasteiger partial charge >= 0.3 is 5.51 Å². The van der Waals surface area contributed by atoms with E-state index in [0.717, 1.165) is 0 Å². The van der Waals surface area contributed by atoms with Gasteiger partial charge in [-0.2, -0.15) is 13.2 Å². The second kappa shape index (κ2) is 7.01. The van der Waals surface area contributed by atoms with Gasteiger partial charge in [0.05, 0.1) is 6.20 Å². The number of hydrogen-bond acceptors (Lipinski definition) is 5. The lowest BCUT2D eigenvalue weighted by molar-refractivity contribution is -0.0328. The molecule has 0 aliphatic carbocycles. The highest BCUT2D eigenvalue weighted by Crippen LogP contribution is 2.39. The molecule has 1 amide bonds. The Morgan fingerprint density at radius 3 is 2.74 bits per heavy atom. The molecule has 6 nitrogen and oxygen atoms in total. The number of carbonyl (C=O) groups excluding carboxylic acids is 1. The molecule has 0 unspecified atom stereocenters. The second-order valence-electron chi connectivity index (χ2n) is 4.12. The van der Waals surface area contributed by atoms with Crippen LogP contribution >= 0.6 is 23.5 Å². The molecule has 124 valence electrons. The Kier molecular flexibility index (Phi) is 5.26. The molecule has 1 aromatic carbocycles. The molecule has 0 saturated carbocycles. The molecule has 0 aliphatic heterocycles. The number of aromatic nitrogens is 2. The van der Waals surface area contributed by atoms with E-state index < -0.39 is 11.4 Å². The lowest BCUT2D eigenvalue weighted by Crippen LogP contribution is -2.17. The van der Waals surface area contributed by atoms with Crippen molar-refractivity contribution in [1.29, 1.82) is 0 Å². The van der Waals surface area contributed by atoms with E-state index in [1.54, 1.807) is 0 Å². The van der Waals surface area contributed by atoms with Crippen molar-refractivity contribution >= 4 is 29.4 Å². The Balaban J connectivity index is 2.33.